The van der Waals surface area contributed by atoms with Gasteiger partial charge in [0.2, 0.25) is 0 Å². The number of rotatable bonds is 5. The number of hydrogen-bond acceptors (Lipinski definition) is 4. The summed E-state index contributed by atoms with van der Waals surface area (Å²) in [4.78, 5) is 26.8. The van der Waals surface area contributed by atoms with E-state index in [4.69, 9.17) is 9.47 Å². The number of benzene rings is 1. The summed E-state index contributed by atoms with van der Waals surface area (Å²) in [5.41, 5.74) is 2.17. The number of nitrogens with one attached hydrogen (secondary N) is 2. The molecule has 0 saturated carbocycles. The molecule has 1 aromatic carbocycles. The Morgan fingerprint density at radius 2 is 2.08 bits per heavy atom. The smallest absolute Gasteiger partial charge is 0.319 e. The van der Waals surface area contributed by atoms with Crippen LogP contribution in [-0.2, 0) is 9.53 Å². The van der Waals surface area contributed by atoms with E-state index in [1.165, 1.54) is 0 Å². The van der Waals surface area contributed by atoms with Gasteiger partial charge < -0.3 is 25.0 Å². The van der Waals surface area contributed by atoms with Crippen molar-refractivity contribution < 1.29 is 19.1 Å². The van der Waals surface area contributed by atoms with Crippen LogP contribution in [0.5, 0.6) is 5.75 Å². The molecule has 0 aromatic heterocycles. The summed E-state index contributed by atoms with van der Waals surface area (Å²) in [6.07, 6.45) is 2.10. The fraction of sp³-hybridized carbons (Fsp3) is 0.474. The van der Waals surface area contributed by atoms with Gasteiger partial charge in [-0.05, 0) is 37.5 Å². The first kappa shape index (κ1) is 16.9. The molecule has 3 aliphatic rings. The average molecular weight is 357 g/mol. The molecule has 1 fully saturated rings. The third-order valence-corrected chi connectivity index (χ3v) is 4.99. The van der Waals surface area contributed by atoms with E-state index in [1.807, 2.05) is 31.2 Å². The summed E-state index contributed by atoms with van der Waals surface area (Å²) in [5.74, 6) is 0.727. The first-order valence-corrected chi connectivity index (χ1v) is 9.10. The number of amides is 3. The first-order valence-electron chi connectivity index (χ1n) is 9.10. The third kappa shape index (κ3) is 3.14. The van der Waals surface area contributed by atoms with Gasteiger partial charge >= 0.3 is 6.03 Å². The highest BCUT2D eigenvalue weighted by Crippen LogP contribution is 2.33. The zero-order chi connectivity index (χ0) is 18.1. The maximum absolute atomic E-state index is 13.0. The molecule has 3 amide bonds. The zero-order valence-electron chi connectivity index (χ0n) is 14.8. The normalized spacial score (nSPS) is 25.2. The Balaban J connectivity index is 1.56. The van der Waals surface area contributed by atoms with E-state index in [0.717, 1.165) is 30.8 Å². The van der Waals surface area contributed by atoms with Gasteiger partial charge in [0, 0.05) is 13.2 Å². The van der Waals surface area contributed by atoms with Gasteiger partial charge in [-0.15, -0.1) is 0 Å². The monoisotopic (exact) mass is 357 g/mol. The van der Waals surface area contributed by atoms with Crippen LogP contribution in [0.4, 0.5) is 4.79 Å². The van der Waals surface area contributed by atoms with E-state index >= 15 is 0 Å². The molecule has 0 radical (unpaired) electrons. The molecular formula is C19H23N3O4. The summed E-state index contributed by atoms with van der Waals surface area (Å²) in [6, 6.07) is 6.77. The van der Waals surface area contributed by atoms with Crippen LogP contribution in [0, 0.1) is 0 Å². The predicted octanol–water partition coefficient (Wildman–Crippen LogP) is 1.71. The summed E-state index contributed by atoms with van der Waals surface area (Å²) < 4.78 is 11.1. The van der Waals surface area contributed by atoms with Crippen molar-refractivity contribution in [3.8, 4) is 5.75 Å². The van der Waals surface area contributed by atoms with Crippen molar-refractivity contribution in [2.24, 2.45) is 0 Å². The highest BCUT2D eigenvalue weighted by molar-refractivity contribution is 6.01. The number of carbonyl (C=O) groups is 2. The quantitative estimate of drug-likeness (QED) is 0.841. The fourth-order valence-corrected chi connectivity index (χ4v) is 3.78. The Hall–Kier alpha value is -2.54. The van der Waals surface area contributed by atoms with E-state index < -0.39 is 6.04 Å². The van der Waals surface area contributed by atoms with Gasteiger partial charge in [0.05, 0.1) is 36.6 Å². The maximum Gasteiger partial charge on any atom is 0.319 e. The van der Waals surface area contributed by atoms with Crippen molar-refractivity contribution in [1.29, 1.82) is 0 Å². The number of carbonyl (C=O) groups excluding carboxylic acids is 2. The van der Waals surface area contributed by atoms with Gasteiger partial charge in [-0.25, -0.2) is 4.79 Å². The summed E-state index contributed by atoms with van der Waals surface area (Å²) in [6.45, 7) is 4.27. The van der Waals surface area contributed by atoms with Crippen LogP contribution in [-0.4, -0.2) is 49.2 Å². The molecule has 2 N–H and O–H groups in total. The Kier molecular flexibility index (Phi) is 4.55. The Bertz CT molecular complexity index is 738. The summed E-state index contributed by atoms with van der Waals surface area (Å²) >= 11 is 0. The molecule has 1 aromatic rings. The van der Waals surface area contributed by atoms with E-state index in [9.17, 15) is 9.59 Å². The molecular weight excluding hydrogens is 334 g/mol. The highest BCUT2D eigenvalue weighted by Gasteiger charge is 2.41. The van der Waals surface area contributed by atoms with Crippen LogP contribution in [0.3, 0.4) is 0 Å². The lowest BCUT2D eigenvalue weighted by molar-refractivity contribution is -0.127. The molecule has 26 heavy (non-hydrogen) atoms. The fourth-order valence-electron chi connectivity index (χ4n) is 3.78. The van der Waals surface area contributed by atoms with Crippen LogP contribution in [0.2, 0.25) is 0 Å². The van der Waals surface area contributed by atoms with Gasteiger partial charge in [-0.3, -0.25) is 4.79 Å². The number of nitrogens with zero attached hydrogens (tertiary/aromatic N) is 1. The van der Waals surface area contributed by atoms with Crippen molar-refractivity contribution in [1.82, 2.24) is 15.5 Å². The standard InChI is InChI=1S/C19H23N3O4/c1-2-25-13-7-5-12(6-8-13)17-16-15(20-19(24)21-17)11-22(18(16)23)10-14-4-3-9-26-14/h5-8,14,17H,2-4,9-11H2,1H3,(H2,20,21,24)/t14-,17-/m0/s1. The molecule has 2 atom stereocenters. The largest absolute Gasteiger partial charge is 0.494 e. The molecule has 0 aliphatic carbocycles. The SMILES string of the molecule is CCOc1ccc([C@@H]2NC(=O)NC3=C2C(=O)N(C[C@@H]2CCCO2)C3)cc1. The number of hydrogen-bond donors (Lipinski definition) is 2. The lowest BCUT2D eigenvalue weighted by Crippen LogP contribution is -2.44. The number of ether oxygens (including phenoxy) is 2. The molecule has 3 aliphatic heterocycles. The zero-order valence-corrected chi connectivity index (χ0v) is 14.8. The molecule has 7 heteroatoms. The second-order valence-electron chi connectivity index (χ2n) is 6.75. The van der Waals surface area contributed by atoms with Crippen molar-refractivity contribution in [3.63, 3.8) is 0 Å². The van der Waals surface area contributed by atoms with Crippen LogP contribution >= 0.6 is 0 Å². The summed E-state index contributed by atoms with van der Waals surface area (Å²) in [7, 11) is 0. The van der Waals surface area contributed by atoms with Gasteiger partial charge in [0.1, 0.15) is 5.75 Å². The second-order valence-corrected chi connectivity index (χ2v) is 6.75. The Morgan fingerprint density at radius 1 is 1.27 bits per heavy atom. The minimum absolute atomic E-state index is 0.0399. The van der Waals surface area contributed by atoms with Crippen molar-refractivity contribution in [2.75, 3.05) is 26.3 Å². The van der Waals surface area contributed by atoms with E-state index in [0.29, 0.717) is 31.0 Å². The Morgan fingerprint density at radius 3 is 2.77 bits per heavy atom. The molecule has 1 saturated heterocycles. The van der Waals surface area contributed by atoms with E-state index in [2.05, 4.69) is 10.6 Å². The van der Waals surface area contributed by atoms with Gasteiger partial charge in [-0.1, -0.05) is 12.1 Å². The van der Waals surface area contributed by atoms with Gasteiger partial charge in [0.25, 0.3) is 5.91 Å². The number of urea groups is 1. The van der Waals surface area contributed by atoms with Crippen LogP contribution in [0.1, 0.15) is 31.4 Å². The average Bonchev–Trinajstić information content (AvgIpc) is 3.24. The Labute approximate surface area is 152 Å². The predicted molar refractivity (Wildman–Crippen MR) is 94.6 cm³/mol. The highest BCUT2D eigenvalue weighted by atomic mass is 16.5. The van der Waals surface area contributed by atoms with Gasteiger partial charge in [0.15, 0.2) is 0 Å². The van der Waals surface area contributed by atoms with Crippen molar-refractivity contribution >= 4 is 11.9 Å². The topological polar surface area (TPSA) is 79.9 Å². The minimum atomic E-state index is -0.448. The van der Waals surface area contributed by atoms with Gasteiger partial charge in [-0.2, -0.15) is 0 Å². The van der Waals surface area contributed by atoms with E-state index in [-0.39, 0.29) is 18.0 Å². The molecule has 7 nitrogen and oxygen atoms in total. The molecule has 0 bridgehead atoms. The first-order chi connectivity index (χ1) is 12.7. The molecule has 0 unspecified atom stereocenters. The van der Waals surface area contributed by atoms with E-state index in [1.54, 1.807) is 4.90 Å². The summed E-state index contributed by atoms with van der Waals surface area (Å²) in [5, 5.41) is 5.67. The van der Waals surface area contributed by atoms with Crippen molar-refractivity contribution in [2.45, 2.75) is 31.9 Å². The molecule has 3 heterocycles. The third-order valence-electron chi connectivity index (χ3n) is 4.99. The molecule has 0 spiro atoms. The molecule has 138 valence electrons. The lowest BCUT2D eigenvalue weighted by atomic mass is 9.96. The second kappa shape index (κ2) is 6.99. The van der Waals surface area contributed by atoms with Crippen LogP contribution < -0.4 is 15.4 Å². The maximum atomic E-state index is 13.0. The van der Waals surface area contributed by atoms with Crippen molar-refractivity contribution in [3.05, 3.63) is 41.1 Å². The minimum Gasteiger partial charge on any atom is -0.494 e. The molecule has 4 rings (SSSR count). The van der Waals surface area contributed by atoms with Crippen LogP contribution in [0.15, 0.2) is 35.5 Å². The lowest BCUT2D eigenvalue weighted by Gasteiger charge is -2.25. The van der Waals surface area contributed by atoms with Crippen LogP contribution in [0.25, 0.3) is 0 Å².